The van der Waals surface area contributed by atoms with Gasteiger partial charge in [-0.1, -0.05) is 6.92 Å². The number of fused-ring (bicyclic) bond motifs is 1. The predicted octanol–water partition coefficient (Wildman–Crippen LogP) is 3.01. The van der Waals surface area contributed by atoms with Crippen LogP contribution in [0.3, 0.4) is 0 Å². The lowest BCUT2D eigenvalue weighted by atomic mass is 9.90. The van der Waals surface area contributed by atoms with Crippen molar-refractivity contribution in [1.82, 2.24) is 0 Å². The minimum atomic E-state index is -0.0101. The molecule has 0 bridgehead atoms. The molecule has 2 rings (SSSR count). The van der Waals surface area contributed by atoms with Gasteiger partial charge in [-0.3, -0.25) is 0 Å². The van der Waals surface area contributed by atoms with Crippen LogP contribution < -0.4 is 0 Å². The van der Waals surface area contributed by atoms with Crippen LogP contribution in [0.1, 0.15) is 23.8 Å². The summed E-state index contributed by atoms with van der Waals surface area (Å²) in [6.07, 6.45) is 3.40. The molecule has 1 aromatic rings. The van der Waals surface area contributed by atoms with Crippen molar-refractivity contribution in [2.24, 2.45) is 5.92 Å². The summed E-state index contributed by atoms with van der Waals surface area (Å²) in [5, 5.41) is -0.0101. The van der Waals surface area contributed by atoms with Crippen molar-refractivity contribution in [1.29, 1.82) is 0 Å². The summed E-state index contributed by atoms with van der Waals surface area (Å²) in [5.74, 6) is 0.747. The number of rotatable bonds is 0. The Bertz CT molecular complexity index is 265. The van der Waals surface area contributed by atoms with Gasteiger partial charge in [0, 0.05) is 4.88 Å². The molecule has 0 nitrogen and oxygen atoms in total. The van der Waals surface area contributed by atoms with Crippen LogP contribution in [-0.2, 0) is 12.8 Å². The fraction of sp³-hybridized carbons (Fsp3) is 0.556. The van der Waals surface area contributed by atoms with Gasteiger partial charge in [0.1, 0.15) is 0 Å². The maximum atomic E-state index is 12.7. The van der Waals surface area contributed by atoms with Crippen LogP contribution in [0, 0.1) is 11.0 Å². The quantitative estimate of drug-likeness (QED) is 0.561. The third kappa shape index (κ3) is 1.32. The van der Waals surface area contributed by atoms with Gasteiger partial charge in [-0.25, -0.2) is 0 Å². The van der Waals surface area contributed by atoms with Crippen molar-refractivity contribution >= 4 is 11.3 Å². The molecule has 1 unspecified atom stereocenters. The number of hydrogen-bond donors (Lipinski definition) is 0. The van der Waals surface area contributed by atoms with Crippen LogP contribution >= 0.6 is 11.3 Å². The van der Waals surface area contributed by atoms with E-state index >= 15 is 0 Å². The molecular weight excluding hydrogens is 159 g/mol. The van der Waals surface area contributed by atoms with Gasteiger partial charge in [0.05, 0.1) is 0 Å². The summed E-state index contributed by atoms with van der Waals surface area (Å²) in [6, 6.07) is 1.70. The fourth-order valence-electron chi connectivity index (χ4n) is 1.67. The molecule has 0 fully saturated rings. The summed E-state index contributed by atoms with van der Waals surface area (Å²) in [5.41, 5.74) is 1.26. The molecule has 0 aromatic carbocycles. The molecule has 0 aliphatic heterocycles. The molecule has 1 heterocycles. The molecule has 11 heavy (non-hydrogen) atoms. The highest BCUT2D eigenvalue weighted by Crippen LogP contribution is 2.30. The molecule has 0 N–H and O–H groups in total. The number of hydrogen-bond acceptors (Lipinski definition) is 1. The highest BCUT2D eigenvalue weighted by atomic mass is 32.1. The van der Waals surface area contributed by atoms with E-state index in [4.69, 9.17) is 0 Å². The highest BCUT2D eigenvalue weighted by molar-refractivity contribution is 7.10. The zero-order valence-electron chi connectivity index (χ0n) is 6.56. The lowest BCUT2D eigenvalue weighted by Crippen LogP contribution is -2.07. The van der Waals surface area contributed by atoms with Crippen molar-refractivity contribution < 1.29 is 4.39 Å². The van der Waals surface area contributed by atoms with Crippen molar-refractivity contribution in [2.45, 2.75) is 26.2 Å². The monoisotopic (exact) mass is 170 g/mol. The van der Waals surface area contributed by atoms with Crippen molar-refractivity contribution in [3.05, 3.63) is 21.6 Å². The van der Waals surface area contributed by atoms with E-state index in [1.165, 1.54) is 28.2 Å². The predicted molar refractivity (Wildman–Crippen MR) is 45.5 cm³/mol. The maximum absolute atomic E-state index is 12.7. The zero-order valence-corrected chi connectivity index (χ0v) is 7.38. The first-order chi connectivity index (χ1) is 5.25. The van der Waals surface area contributed by atoms with Gasteiger partial charge < -0.3 is 0 Å². The van der Waals surface area contributed by atoms with Crippen LogP contribution in [0.4, 0.5) is 4.39 Å². The number of aryl methyl sites for hydroxylation is 1. The molecule has 1 aliphatic rings. The van der Waals surface area contributed by atoms with E-state index in [0.717, 1.165) is 18.8 Å². The Hall–Kier alpha value is -0.370. The molecule has 0 saturated heterocycles. The van der Waals surface area contributed by atoms with E-state index in [9.17, 15) is 4.39 Å². The van der Waals surface area contributed by atoms with Crippen molar-refractivity contribution in [3.63, 3.8) is 0 Å². The third-order valence-corrected chi connectivity index (χ3v) is 3.32. The number of halogens is 1. The van der Waals surface area contributed by atoms with E-state index in [0.29, 0.717) is 0 Å². The van der Waals surface area contributed by atoms with Crippen LogP contribution in [0.25, 0.3) is 0 Å². The lowest BCUT2D eigenvalue weighted by molar-refractivity contribution is 0.506. The molecule has 2 heteroatoms. The van der Waals surface area contributed by atoms with Crippen LogP contribution in [-0.4, -0.2) is 0 Å². The summed E-state index contributed by atoms with van der Waals surface area (Å²) in [4.78, 5) is 1.28. The highest BCUT2D eigenvalue weighted by Gasteiger charge is 2.17. The molecule has 60 valence electrons. The first-order valence-corrected chi connectivity index (χ1v) is 4.84. The topological polar surface area (TPSA) is 0 Å². The largest absolute Gasteiger partial charge is 0.195 e. The van der Waals surface area contributed by atoms with Crippen molar-refractivity contribution in [3.8, 4) is 0 Å². The van der Waals surface area contributed by atoms with Crippen LogP contribution in [0.5, 0.6) is 0 Å². The summed E-state index contributed by atoms with van der Waals surface area (Å²) >= 11 is 1.33. The minimum Gasteiger partial charge on any atom is -0.195 e. The standard InChI is InChI=1S/C9H11FS/c1-6-2-3-8-7(4-6)5-9(10)11-8/h5-6H,2-4H2,1H3. The van der Waals surface area contributed by atoms with Gasteiger partial charge in [-0.05, 0) is 36.8 Å². The van der Waals surface area contributed by atoms with E-state index in [-0.39, 0.29) is 5.13 Å². The Balaban J connectivity index is 2.34. The smallest absolute Gasteiger partial charge is 0.176 e. The van der Waals surface area contributed by atoms with E-state index < -0.39 is 0 Å². The second kappa shape index (κ2) is 2.59. The summed E-state index contributed by atoms with van der Waals surface area (Å²) in [6.45, 7) is 2.23. The van der Waals surface area contributed by atoms with E-state index in [1.54, 1.807) is 6.07 Å². The Morgan fingerprint density at radius 1 is 1.64 bits per heavy atom. The molecule has 1 aliphatic carbocycles. The first kappa shape index (κ1) is 7.29. The zero-order chi connectivity index (χ0) is 7.84. The fourth-order valence-corrected chi connectivity index (χ4v) is 2.60. The normalized spacial score (nSPS) is 23.3. The molecular formula is C9H11FS. The van der Waals surface area contributed by atoms with Gasteiger partial charge in [0.25, 0.3) is 0 Å². The average Bonchev–Trinajstić information content (AvgIpc) is 2.27. The Morgan fingerprint density at radius 3 is 3.27 bits per heavy atom. The average molecular weight is 170 g/mol. The maximum Gasteiger partial charge on any atom is 0.176 e. The van der Waals surface area contributed by atoms with Gasteiger partial charge in [0.2, 0.25) is 0 Å². The molecule has 0 spiro atoms. The van der Waals surface area contributed by atoms with Crippen molar-refractivity contribution in [2.75, 3.05) is 0 Å². The SMILES string of the molecule is CC1CCc2sc(F)cc2C1. The van der Waals surface area contributed by atoms with Gasteiger partial charge in [-0.2, -0.15) is 4.39 Å². The molecule has 1 aromatic heterocycles. The van der Waals surface area contributed by atoms with E-state index in [2.05, 4.69) is 6.92 Å². The molecule has 0 saturated carbocycles. The minimum absolute atomic E-state index is 0.0101. The summed E-state index contributed by atoms with van der Waals surface area (Å²) < 4.78 is 12.7. The van der Waals surface area contributed by atoms with Gasteiger partial charge >= 0.3 is 0 Å². The second-order valence-corrected chi connectivity index (χ2v) is 4.43. The third-order valence-electron chi connectivity index (χ3n) is 2.30. The Kier molecular flexibility index (Phi) is 1.72. The first-order valence-electron chi connectivity index (χ1n) is 4.03. The van der Waals surface area contributed by atoms with Crippen LogP contribution in [0.15, 0.2) is 6.07 Å². The Labute approximate surface area is 70.1 Å². The second-order valence-electron chi connectivity index (χ2n) is 3.35. The molecule has 0 radical (unpaired) electrons. The van der Waals surface area contributed by atoms with Gasteiger partial charge in [-0.15, -0.1) is 11.3 Å². The Morgan fingerprint density at radius 2 is 2.45 bits per heavy atom. The van der Waals surface area contributed by atoms with E-state index in [1.807, 2.05) is 0 Å². The van der Waals surface area contributed by atoms with Crippen LogP contribution in [0.2, 0.25) is 0 Å². The lowest BCUT2D eigenvalue weighted by Gasteiger charge is -2.16. The molecule has 1 atom stereocenters. The molecule has 0 amide bonds. The van der Waals surface area contributed by atoms with Gasteiger partial charge in [0.15, 0.2) is 5.13 Å². The summed E-state index contributed by atoms with van der Waals surface area (Å²) in [7, 11) is 0. The number of thiophene rings is 1.